The second-order valence-corrected chi connectivity index (χ2v) is 13.5. The number of carbonyl (C=O) groups excluding carboxylic acids is 1. The van der Waals surface area contributed by atoms with Crippen molar-refractivity contribution in [2.45, 2.75) is 104 Å². The number of benzene rings is 2. The molecule has 39 heavy (non-hydrogen) atoms. The number of hydrogen-bond acceptors (Lipinski definition) is 7. The van der Waals surface area contributed by atoms with Gasteiger partial charge in [0.15, 0.2) is 11.5 Å². The minimum Gasteiger partial charge on any atom is -0.453 e. The van der Waals surface area contributed by atoms with Crippen LogP contribution in [0.4, 0.5) is 16.2 Å². The van der Waals surface area contributed by atoms with Crippen molar-refractivity contribution in [2.24, 2.45) is 0 Å². The van der Waals surface area contributed by atoms with E-state index in [1.807, 2.05) is 113 Å². The Bertz CT molecular complexity index is 1200. The summed E-state index contributed by atoms with van der Waals surface area (Å²) in [5.74, 6) is 1.05. The molecule has 0 aromatic heterocycles. The minimum absolute atomic E-state index is 0.501. The van der Waals surface area contributed by atoms with Gasteiger partial charge in [-0.1, -0.05) is 12.1 Å². The van der Waals surface area contributed by atoms with E-state index >= 15 is 0 Å². The molecule has 2 aromatic carbocycles. The van der Waals surface area contributed by atoms with Gasteiger partial charge in [0, 0.05) is 0 Å². The number of amides is 1. The van der Waals surface area contributed by atoms with Crippen LogP contribution < -0.4 is 20.6 Å². The highest BCUT2D eigenvalue weighted by atomic mass is 16.7. The molecule has 2 fully saturated rings. The van der Waals surface area contributed by atoms with Crippen LogP contribution in [0.1, 0.15) is 76.2 Å². The van der Waals surface area contributed by atoms with Gasteiger partial charge >= 0.3 is 20.3 Å². The van der Waals surface area contributed by atoms with Gasteiger partial charge in [-0.05, 0) is 111 Å². The summed E-state index contributed by atoms with van der Waals surface area (Å²) < 4.78 is 37.3. The molecule has 2 saturated heterocycles. The smallest absolute Gasteiger partial charge is 0.453 e. The summed E-state index contributed by atoms with van der Waals surface area (Å²) in [6.45, 7) is 21.6. The second kappa shape index (κ2) is 8.74. The maximum absolute atomic E-state index is 13.7. The molecule has 8 nitrogen and oxygen atoms in total. The first-order valence-corrected chi connectivity index (χ1v) is 13.5. The van der Waals surface area contributed by atoms with Gasteiger partial charge in [0.05, 0.1) is 33.8 Å². The Morgan fingerprint density at radius 1 is 0.692 bits per heavy atom. The van der Waals surface area contributed by atoms with E-state index in [-0.39, 0.29) is 0 Å². The lowest BCUT2D eigenvalue weighted by atomic mass is 9.78. The number of fused-ring (bicyclic) bond motifs is 2. The van der Waals surface area contributed by atoms with Crippen molar-refractivity contribution in [2.75, 3.05) is 4.90 Å². The molecule has 2 aromatic rings. The molecule has 208 valence electrons. The molecule has 0 atom stereocenters. The first-order chi connectivity index (χ1) is 17.8. The molecule has 0 bridgehead atoms. The molecule has 3 aliphatic rings. The Balaban J connectivity index is 1.57. The predicted molar refractivity (Wildman–Crippen MR) is 153 cm³/mol. The van der Waals surface area contributed by atoms with Crippen molar-refractivity contribution in [1.29, 1.82) is 0 Å². The van der Waals surface area contributed by atoms with E-state index in [0.717, 1.165) is 10.9 Å². The van der Waals surface area contributed by atoms with E-state index in [4.69, 9.17) is 28.1 Å². The number of nitrogens with zero attached hydrogens (tertiary/aromatic N) is 1. The normalized spacial score (nSPS) is 22.3. The van der Waals surface area contributed by atoms with E-state index in [1.54, 1.807) is 4.90 Å². The number of ether oxygens (including phenoxy) is 2. The SMILES string of the molecule is CC(C)(C)OC(=O)N1c2cc(B3OC(C)(C)C(C)(C)O3)ccc2Oc2ccc(B3OC(C)(C)C(C)(C)O3)cc21. The minimum atomic E-state index is -0.706. The summed E-state index contributed by atoms with van der Waals surface area (Å²) in [5, 5.41) is 0. The third-order valence-corrected chi connectivity index (χ3v) is 8.29. The lowest BCUT2D eigenvalue weighted by molar-refractivity contribution is 0.00578. The zero-order chi connectivity index (χ0) is 28.8. The van der Waals surface area contributed by atoms with Crippen molar-refractivity contribution < 1.29 is 32.9 Å². The van der Waals surface area contributed by atoms with Crippen LogP contribution in [0.15, 0.2) is 36.4 Å². The summed E-state index contributed by atoms with van der Waals surface area (Å²) in [6.07, 6.45) is -0.523. The van der Waals surface area contributed by atoms with Crippen LogP contribution >= 0.6 is 0 Å². The molecule has 0 aliphatic carbocycles. The fourth-order valence-electron chi connectivity index (χ4n) is 4.59. The molecular formula is C29H39B2NO7. The maximum atomic E-state index is 13.7. The topological polar surface area (TPSA) is 75.7 Å². The fraction of sp³-hybridized carbons (Fsp3) is 0.552. The van der Waals surface area contributed by atoms with E-state index in [0.29, 0.717) is 22.9 Å². The summed E-state index contributed by atoms with van der Waals surface area (Å²) in [5.41, 5.74) is -0.0883. The van der Waals surface area contributed by atoms with E-state index in [9.17, 15) is 4.79 Å². The van der Waals surface area contributed by atoms with E-state index in [1.165, 1.54) is 0 Å². The second-order valence-electron chi connectivity index (χ2n) is 13.5. The largest absolute Gasteiger partial charge is 0.494 e. The maximum Gasteiger partial charge on any atom is 0.494 e. The first kappa shape index (κ1) is 28.0. The summed E-state index contributed by atoms with van der Waals surface area (Å²) >= 11 is 0. The van der Waals surface area contributed by atoms with Crippen LogP contribution in [0.3, 0.4) is 0 Å². The molecule has 1 amide bonds. The first-order valence-electron chi connectivity index (χ1n) is 13.5. The van der Waals surface area contributed by atoms with Crippen LogP contribution in [0.2, 0.25) is 0 Å². The molecule has 0 N–H and O–H groups in total. The van der Waals surface area contributed by atoms with Crippen LogP contribution in [-0.4, -0.2) is 48.3 Å². The van der Waals surface area contributed by atoms with Gasteiger partial charge in [-0.15, -0.1) is 0 Å². The van der Waals surface area contributed by atoms with Gasteiger partial charge < -0.3 is 28.1 Å². The van der Waals surface area contributed by atoms with Crippen molar-refractivity contribution in [3.8, 4) is 11.5 Å². The quantitative estimate of drug-likeness (QED) is 0.473. The van der Waals surface area contributed by atoms with Gasteiger partial charge in [0.25, 0.3) is 0 Å². The van der Waals surface area contributed by atoms with Crippen molar-refractivity contribution >= 4 is 42.6 Å². The van der Waals surface area contributed by atoms with Crippen molar-refractivity contribution in [3.05, 3.63) is 36.4 Å². The molecule has 0 spiro atoms. The monoisotopic (exact) mass is 535 g/mol. The third-order valence-electron chi connectivity index (χ3n) is 8.29. The Morgan fingerprint density at radius 2 is 1.05 bits per heavy atom. The van der Waals surface area contributed by atoms with Gasteiger partial charge in [0.1, 0.15) is 5.60 Å². The summed E-state index contributed by atoms with van der Waals surface area (Å²) in [6, 6.07) is 11.2. The highest BCUT2D eigenvalue weighted by Gasteiger charge is 2.53. The molecule has 0 unspecified atom stereocenters. The van der Waals surface area contributed by atoms with Gasteiger partial charge in [-0.25, -0.2) is 9.69 Å². The Morgan fingerprint density at radius 3 is 1.38 bits per heavy atom. The van der Waals surface area contributed by atoms with Crippen molar-refractivity contribution in [1.82, 2.24) is 0 Å². The Labute approximate surface area is 232 Å². The number of hydrogen-bond donors (Lipinski definition) is 0. The molecular weight excluding hydrogens is 496 g/mol. The van der Waals surface area contributed by atoms with E-state index in [2.05, 4.69) is 0 Å². The predicted octanol–water partition coefficient (Wildman–Crippen LogP) is 5.46. The standard InChI is InChI=1S/C29H39B2NO7/c1-25(2,3)35-24(33)32-20-16-18(30-36-26(4,5)27(6,7)37-30)12-14-22(20)34-23-15-13-19(17-21(23)32)31-38-28(8,9)29(10,11)39-31/h12-17H,1-11H3. The van der Waals surface area contributed by atoms with Gasteiger partial charge in [-0.3, -0.25) is 0 Å². The molecule has 3 heterocycles. The van der Waals surface area contributed by atoms with Gasteiger partial charge in [0.2, 0.25) is 0 Å². The zero-order valence-corrected chi connectivity index (χ0v) is 24.9. The lowest BCUT2D eigenvalue weighted by Gasteiger charge is -2.33. The van der Waals surface area contributed by atoms with E-state index < -0.39 is 48.3 Å². The number of anilines is 2. The van der Waals surface area contributed by atoms with Crippen LogP contribution in [-0.2, 0) is 23.4 Å². The summed E-state index contributed by atoms with van der Waals surface area (Å²) in [7, 11) is -1.20. The highest BCUT2D eigenvalue weighted by Crippen LogP contribution is 2.47. The van der Waals surface area contributed by atoms with Crippen LogP contribution in [0.5, 0.6) is 11.5 Å². The fourth-order valence-corrected chi connectivity index (χ4v) is 4.59. The molecule has 0 radical (unpaired) electrons. The summed E-state index contributed by atoms with van der Waals surface area (Å²) in [4.78, 5) is 15.3. The molecule has 5 rings (SSSR count). The Kier molecular flexibility index (Phi) is 6.28. The van der Waals surface area contributed by atoms with Crippen LogP contribution in [0, 0.1) is 0 Å². The lowest BCUT2D eigenvalue weighted by Crippen LogP contribution is -2.41. The molecule has 3 aliphatic heterocycles. The average Bonchev–Trinajstić information content (AvgIpc) is 3.14. The third kappa shape index (κ3) is 4.86. The van der Waals surface area contributed by atoms with Gasteiger partial charge in [-0.2, -0.15) is 0 Å². The zero-order valence-electron chi connectivity index (χ0n) is 24.9. The highest BCUT2D eigenvalue weighted by molar-refractivity contribution is 6.62. The Hall–Kier alpha value is -2.52. The number of rotatable bonds is 2. The molecule has 0 saturated carbocycles. The average molecular weight is 535 g/mol. The van der Waals surface area contributed by atoms with Crippen molar-refractivity contribution in [3.63, 3.8) is 0 Å². The molecule has 10 heteroatoms. The van der Waals surface area contributed by atoms with Crippen LogP contribution in [0.25, 0.3) is 0 Å². The number of carbonyl (C=O) groups is 1.